The average Bonchev–Trinajstić information content (AvgIpc) is 2.34. The molecular weight excluding hydrogens is 258 g/mol. The highest BCUT2D eigenvalue weighted by Crippen LogP contribution is 2.22. The van der Waals surface area contributed by atoms with Gasteiger partial charge in [0.2, 0.25) is 5.88 Å². The molecule has 0 aliphatic heterocycles. The average molecular weight is 266 g/mol. The van der Waals surface area contributed by atoms with E-state index < -0.39 is 11.6 Å². The number of pyridine rings is 1. The molecule has 0 fully saturated rings. The monoisotopic (exact) mass is 266 g/mol. The zero-order valence-corrected chi connectivity index (χ0v) is 9.88. The molecule has 0 bridgehead atoms. The van der Waals surface area contributed by atoms with E-state index in [0.717, 1.165) is 12.1 Å². The first-order valence-corrected chi connectivity index (χ1v) is 5.36. The summed E-state index contributed by atoms with van der Waals surface area (Å²) in [6.45, 7) is 0. The highest BCUT2D eigenvalue weighted by atomic mass is 32.1. The highest BCUT2D eigenvalue weighted by Gasteiger charge is 2.06. The first-order valence-electron chi connectivity index (χ1n) is 4.95. The van der Waals surface area contributed by atoms with Crippen LogP contribution >= 0.6 is 12.2 Å². The van der Waals surface area contributed by atoms with Gasteiger partial charge in [-0.3, -0.25) is 0 Å². The van der Waals surface area contributed by atoms with Crippen LogP contribution in [-0.4, -0.2) is 9.97 Å². The van der Waals surface area contributed by atoms with Gasteiger partial charge in [-0.2, -0.15) is 0 Å². The van der Waals surface area contributed by atoms with Crippen molar-refractivity contribution < 1.29 is 13.5 Å². The Morgan fingerprint density at radius 1 is 1.17 bits per heavy atom. The Balaban J connectivity index is 2.25. The summed E-state index contributed by atoms with van der Waals surface area (Å²) in [6, 6.07) is 6.35. The fraction of sp³-hybridized carbons (Fsp3) is 0. The lowest BCUT2D eigenvalue weighted by Crippen LogP contribution is -2.09. The summed E-state index contributed by atoms with van der Waals surface area (Å²) >= 11 is 4.81. The molecule has 1 aromatic heterocycles. The van der Waals surface area contributed by atoms with Gasteiger partial charge in [0.15, 0.2) is 11.6 Å². The first kappa shape index (κ1) is 12.4. The molecule has 0 atom stereocenters. The lowest BCUT2D eigenvalue weighted by Gasteiger charge is -2.06. The van der Waals surface area contributed by atoms with Crippen LogP contribution in [0.25, 0.3) is 0 Å². The summed E-state index contributed by atoms with van der Waals surface area (Å²) in [5, 5.41) is 0. The molecule has 92 valence electrons. The predicted octanol–water partition coefficient (Wildman–Crippen LogP) is 2.79. The number of rotatable bonds is 3. The summed E-state index contributed by atoms with van der Waals surface area (Å²) in [7, 11) is 0. The molecule has 0 radical (unpaired) electrons. The topological polar surface area (TPSA) is 48.1 Å². The number of aromatic nitrogens is 1. The van der Waals surface area contributed by atoms with Gasteiger partial charge < -0.3 is 10.5 Å². The summed E-state index contributed by atoms with van der Waals surface area (Å²) < 4.78 is 31.0. The molecule has 0 aliphatic carbocycles. The number of thiocarbonyl (C=S) groups is 1. The van der Waals surface area contributed by atoms with Gasteiger partial charge in [0.1, 0.15) is 10.7 Å². The molecular formula is C12H8F2N2OS. The third-order valence-corrected chi connectivity index (χ3v) is 2.37. The fourth-order valence-electron chi connectivity index (χ4n) is 1.28. The minimum atomic E-state index is -0.988. The van der Waals surface area contributed by atoms with Gasteiger partial charge in [-0.1, -0.05) is 12.2 Å². The predicted molar refractivity (Wildman–Crippen MR) is 66.6 cm³/mol. The number of nitrogens with zero attached hydrogens (tertiary/aromatic N) is 1. The Bertz CT molecular complexity index is 604. The van der Waals surface area contributed by atoms with E-state index >= 15 is 0 Å². The fourth-order valence-corrected chi connectivity index (χ4v) is 1.41. The van der Waals surface area contributed by atoms with Gasteiger partial charge in [0.05, 0.1) is 0 Å². The van der Waals surface area contributed by atoms with E-state index in [1.165, 1.54) is 18.3 Å². The van der Waals surface area contributed by atoms with Crippen molar-refractivity contribution in [3.63, 3.8) is 0 Å². The van der Waals surface area contributed by atoms with E-state index in [4.69, 9.17) is 22.7 Å². The van der Waals surface area contributed by atoms with Crippen molar-refractivity contribution in [2.24, 2.45) is 5.73 Å². The zero-order chi connectivity index (χ0) is 13.1. The van der Waals surface area contributed by atoms with Crippen molar-refractivity contribution in [2.45, 2.75) is 0 Å². The van der Waals surface area contributed by atoms with Gasteiger partial charge in [0.25, 0.3) is 0 Å². The largest absolute Gasteiger partial charge is 0.439 e. The number of nitrogens with two attached hydrogens (primary N) is 1. The molecule has 1 aromatic carbocycles. The van der Waals surface area contributed by atoms with E-state index in [-0.39, 0.29) is 16.6 Å². The van der Waals surface area contributed by atoms with Crippen LogP contribution in [0.1, 0.15) is 5.56 Å². The molecule has 0 spiro atoms. The molecule has 0 unspecified atom stereocenters. The summed E-state index contributed by atoms with van der Waals surface area (Å²) in [5.41, 5.74) is 6.04. The van der Waals surface area contributed by atoms with Gasteiger partial charge in [-0.25, -0.2) is 13.8 Å². The highest BCUT2D eigenvalue weighted by molar-refractivity contribution is 7.80. The van der Waals surface area contributed by atoms with Gasteiger partial charge in [0, 0.05) is 23.9 Å². The van der Waals surface area contributed by atoms with Crippen LogP contribution in [0, 0.1) is 11.6 Å². The second-order valence-electron chi connectivity index (χ2n) is 3.42. The third kappa shape index (κ3) is 2.78. The molecule has 2 aromatic rings. The normalized spacial score (nSPS) is 10.1. The lowest BCUT2D eigenvalue weighted by atomic mass is 10.2. The Morgan fingerprint density at radius 3 is 2.61 bits per heavy atom. The smallest absolute Gasteiger partial charge is 0.219 e. The number of ether oxygens (including phenoxy) is 1. The van der Waals surface area contributed by atoms with Crippen LogP contribution in [0.3, 0.4) is 0 Å². The summed E-state index contributed by atoms with van der Waals surface area (Å²) in [5.74, 6) is -1.59. The Kier molecular flexibility index (Phi) is 3.47. The molecule has 0 aliphatic rings. The van der Waals surface area contributed by atoms with Gasteiger partial charge in [-0.15, -0.1) is 0 Å². The molecule has 6 heteroatoms. The molecule has 1 heterocycles. The number of hydrogen-bond donors (Lipinski definition) is 1. The molecule has 2 N–H and O–H groups in total. The maximum Gasteiger partial charge on any atom is 0.219 e. The third-order valence-electron chi connectivity index (χ3n) is 2.13. The van der Waals surface area contributed by atoms with Gasteiger partial charge >= 0.3 is 0 Å². The van der Waals surface area contributed by atoms with Crippen molar-refractivity contribution in [3.8, 4) is 11.6 Å². The number of benzene rings is 1. The molecule has 2 rings (SSSR count). The number of hydrogen-bond acceptors (Lipinski definition) is 3. The quantitative estimate of drug-likeness (QED) is 0.868. The van der Waals surface area contributed by atoms with Crippen LogP contribution in [0.5, 0.6) is 11.6 Å². The molecule has 0 saturated heterocycles. The van der Waals surface area contributed by atoms with Crippen LogP contribution < -0.4 is 10.5 Å². The molecule has 0 saturated carbocycles. The minimum absolute atomic E-state index is 0.140. The van der Waals surface area contributed by atoms with Crippen molar-refractivity contribution in [1.82, 2.24) is 4.98 Å². The van der Waals surface area contributed by atoms with Gasteiger partial charge in [-0.05, 0) is 18.2 Å². The Labute approximate surface area is 107 Å². The second kappa shape index (κ2) is 5.05. The Morgan fingerprint density at radius 2 is 1.94 bits per heavy atom. The maximum absolute atomic E-state index is 13.0. The minimum Gasteiger partial charge on any atom is -0.439 e. The summed E-state index contributed by atoms with van der Waals surface area (Å²) in [6.07, 6.45) is 1.46. The van der Waals surface area contributed by atoms with Crippen LogP contribution in [-0.2, 0) is 0 Å². The molecule has 3 nitrogen and oxygen atoms in total. The standard InChI is InChI=1S/C12H8F2N2OS/c13-9-2-1-8(6-10(9)14)17-11-5-7(12(15)18)3-4-16-11/h1-6H,(H2,15,18). The van der Waals surface area contributed by atoms with Crippen LogP contribution in [0.4, 0.5) is 8.78 Å². The van der Waals surface area contributed by atoms with Crippen LogP contribution in [0.15, 0.2) is 36.5 Å². The van der Waals surface area contributed by atoms with Crippen molar-refractivity contribution >= 4 is 17.2 Å². The number of halogens is 2. The van der Waals surface area contributed by atoms with Crippen molar-refractivity contribution in [1.29, 1.82) is 0 Å². The van der Waals surface area contributed by atoms with E-state index in [1.54, 1.807) is 6.07 Å². The van der Waals surface area contributed by atoms with Crippen molar-refractivity contribution in [2.75, 3.05) is 0 Å². The van der Waals surface area contributed by atoms with E-state index in [1.807, 2.05) is 0 Å². The lowest BCUT2D eigenvalue weighted by molar-refractivity contribution is 0.447. The van der Waals surface area contributed by atoms with Crippen LogP contribution in [0.2, 0.25) is 0 Å². The summed E-state index contributed by atoms with van der Waals surface area (Å²) in [4.78, 5) is 4.12. The maximum atomic E-state index is 13.0. The molecule has 0 amide bonds. The Hall–Kier alpha value is -2.08. The zero-order valence-electron chi connectivity index (χ0n) is 9.06. The first-order chi connectivity index (χ1) is 8.56. The van der Waals surface area contributed by atoms with E-state index in [9.17, 15) is 8.78 Å². The second-order valence-corrected chi connectivity index (χ2v) is 3.86. The van der Waals surface area contributed by atoms with E-state index in [2.05, 4.69) is 4.98 Å². The van der Waals surface area contributed by atoms with E-state index in [0.29, 0.717) is 5.56 Å². The molecule has 18 heavy (non-hydrogen) atoms. The SMILES string of the molecule is NC(=S)c1ccnc(Oc2ccc(F)c(F)c2)c1. The van der Waals surface area contributed by atoms with Crippen molar-refractivity contribution in [3.05, 3.63) is 53.7 Å².